The predicted molar refractivity (Wildman–Crippen MR) is 81.4 cm³/mol. The highest BCUT2D eigenvalue weighted by Crippen LogP contribution is 2.40. The number of hydrogen-bond acceptors (Lipinski definition) is 3. The summed E-state index contributed by atoms with van der Waals surface area (Å²) >= 11 is 0. The molecule has 1 aliphatic rings. The zero-order chi connectivity index (χ0) is 13.8. The average Bonchev–Trinajstić information content (AvgIpc) is 3.22. The molecule has 0 spiro atoms. The van der Waals surface area contributed by atoms with Crippen LogP contribution >= 0.6 is 0 Å². The van der Waals surface area contributed by atoms with E-state index in [-0.39, 0.29) is 0 Å². The minimum atomic E-state index is 0.327. The van der Waals surface area contributed by atoms with Gasteiger partial charge in [0.1, 0.15) is 0 Å². The normalized spacial score (nSPS) is 17.2. The molecular formula is C16H27N3. The van der Waals surface area contributed by atoms with Crippen molar-refractivity contribution < 1.29 is 0 Å². The molecule has 3 nitrogen and oxygen atoms in total. The van der Waals surface area contributed by atoms with E-state index in [0.717, 1.165) is 19.0 Å². The van der Waals surface area contributed by atoms with Gasteiger partial charge < -0.3 is 10.6 Å². The molecule has 2 N–H and O–H groups in total. The highest BCUT2D eigenvalue weighted by atomic mass is 15.2. The number of nitrogens with zero attached hydrogens (tertiary/aromatic N) is 2. The fourth-order valence-corrected chi connectivity index (χ4v) is 2.49. The molecule has 0 aromatic heterocycles. The first-order valence-corrected chi connectivity index (χ1v) is 7.26. The first kappa shape index (κ1) is 14.5. The van der Waals surface area contributed by atoms with E-state index in [2.05, 4.69) is 55.2 Å². The monoisotopic (exact) mass is 261 g/mol. The Kier molecular flexibility index (Phi) is 4.97. The van der Waals surface area contributed by atoms with Crippen molar-refractivity contribution in [2.45, 2.75) is 24.8 Å². The number of likely N-dealkylation sites (N-methyl/N-ethyl adjacent to an activating group) is 2. The maximum absolute atomic E-state index is 5.97. The van der Waals surface area contributed by atoms with E-state index in [1.807, 2.05) is 0 Å². The molecule has 1 aromatic carbocycles. The zero-order valence-corrected chi connectivity index (χ0v) is 12.5. The lowest BCUT2D eigenvalue weighted by atomic mass is 10.0. The van der Waals surface area contributed by atoms with E-state index in [0.29, 0.717) is 12.6 Å². The van der Waals surface area contributed by atoms with E-state index in [4.69, 9.17) is 5.73 Å². The van der Waals surface area contributed by atoms with Crippen LogP contribution in [0, 0.1) is 0 Å². The van der Waals surface area contributed by atoms with Gasteiger partial charge in [-0.2, -0.15) is 0 Å². The summed E-state index contributed by atoms with van der Waals surface area (Å²) in [5, 5.41) is 0. The summed E-state index contributed by atoms with van der Waals surface area (Å²) in [6, 6.07) is 9.42. The summed E-state index contributed by atoms with van der Waals surface area (Å²) in [6.45, 7) is 2.78. The van der Waals surface area contributed by atoms with Crippen LogP contribution in [-0.4, -0.2) is 50.6 Å². The minimum absolute atomic E-state index is 0.327. The Hall–Kier alpha value is -0.900. The lowest BCUT2D eigenvalue weighted by Crippen LogP contribution is -2.35. The summed E-state index contributed by atoms with van der Waals surface area (Å²) in [5.74, 6) is 0.830. The number of rotatable bonds is 7. The average molecular weight is 261 g/mol. The van der Waals surface area contributed by atoms with Gasteiger partial charge in [-0.25, -0.2) is 0 Å². The van der Waals surface area contributed by atoms with E-state index < -0.39 is 0 Å². The predicted octanol–water partition coefficient (Wildman–Crippen LogP) is 2.06. The van der Waals surface area contributed by atoms with E-state index in [1.54, 1.807) is 0 Å². The van der Waals surface area contributed by atoms with Gasteiger partial charge >= 0.3 is 0 Å². The molecule has 0 radical (unpaired) electrons. The van der Waals surface area contributed by atoms with Crippen LogP contribution in [0.2, 0.25) is 0 Å². The Morgan fingerprint density at radius 2 is 1.74 bits per heavy atom. The third-order valence-corrected chi connectivity index (χ3v) is 4.03. The van der Waals surface area contributed by atoms with Crippen molar-refractivity contribution >= 4 is 0 Å². The molecule has 19 heavy (non-hydrogen) atoms. The highest BCUT2D eigenvalue weighted by molar-refractivity contribution is 5.29. The van der Waals surface area contributed by atoms with Crippen molar-refractivity contribution in [1.82, 2.24) is 9.80 Å². The van der Waals surface area contributed by atoms with Crippen LogP contribution in [0.5, 0.6) is 0 Å². The van der Waals surface area contributed by atoms with E-state index >= 15 is 0 Å². The van der Waals surface area contributed by atoms with Crippen molar-refractivity contribution in [3.05, 3.63) is 35.4 Å². The van der Waals surface area contributed by atoms with Gasteiger partial charge in [0.15, 0.2) is 0 Å². The summed E-state index contributed by atoms with van der Waals surface area (Å²) in [5.41, 5.74) is 8.80. The molecule has 1 aliphatic carbocycles. The quantitative estimate of drug-likeness (QED) is 0.815. The minimum Gasteiger partial charge on any atom is -0.329 e. The molecule has 106 valence electrons. The van der Waals surface area contributed by atoms with Crippen LogP contribution in [0.1, 0.15) is 35.9 Å². The lowest BCUT2D eigenvalue weighted by molar-refractivity contribution is 0.223. The Bertz CT molecular complexity index is 381. The van der Waals surface area contributed by atoms with E-state index in [1.165, 1.54) is 24.0 Å². The zero-order valence-electron chi connectivity index (χ0n) is 12.5. The van der Waals surface area contributed by atoms with Gasteiger partial charge in [-0.15, -0.1) is 0 Å². The summed E-state index contributed by atoms with van der Waals surface area (Å²) in [6.07, 6.45) is 2.73. The second-order valence-corrected chi connectivity index (χ2v) is 5.98. The number of hydrogen-bond donors (Lipinski definition) is 1. The molecular weight excluding hydrogens is 234 g/mol. The molecule has 1 saturated carbocycles. The summed E-state index contributed by atoms with van der Waals surface area (Å²) in [4.78, 5) is 4.56. The molecule has 1 unspecified atom stereocenters. The van der Waals surface area contributed by atoms with Crippen LogP contribution in [0.3, 0.4) is 0 Å². The van der Waals surface area contributed by atoms with Crippen LogP contribution in [0.15, 0.2) is 24.3 Å². The van der Waals surface area contributed by atoms with Gasteiger partial charge in [-0.3, -0.25) is 4.90 Å². The van der Waals surface area contributed by atoms with E-state index in [9.17, 15) is 0 Å². The van der Waals surface area contributed by atoms with Gasteiger partial charge in [0.05, 0.1) is 0 Å². The Labute approximate surface area is 117 Å². The molecule has 0 saturated heterocycles. The van der Waals surface area contributed by atoms with Gasteiger partial charge in [0, 0.05) is 25.7 Å². The molecule has 0 heterocycles. The first-order chi connectivity index (χ1) is 9.11. The molecule has 3 heteroatoms. The lowest BCUT2D eigenvalue weighted by Gasteiger charge is -2.28. The molecule has 2 rings (SSSR count). The number of benzene rings is 1. The van der Waals surface area contributed by atoms with Crippen molar-refractivity contribution in [3.8, 4) is 0 Å². The maximum Gasteiger partial charge on any atom is 0.0467 e. The summed E-state index contributed by atoms with van der Waals surface area (Å²) < 4.78 is 0. The van der Waals surface area contributed by atoms with Crippen LogP contribution < -0.4 is 5.73 Å². The van der Waals surface area contributed by atoms with Gasteiger partial charge in [0.2, 0.25) is 0 Å². The molecule has 0 amide bonds. The topological polar surface area (TPSA) is 32.5 Å². The highest BCUT2D eigenvalue weighted by Gasteiger charge is 2.23. The van der Waals surface area contributed by atoms with Crippen molar-refractivity contribution in [1.29, 1.82) is 0 Å². The van der Waals surface area contributed by atoms with Crippen LogP contribution in [-0.2, 0) is 0 Å². The Morgan fingerprint density at radius 3 is 2.21 bits per heavy atom. The second kappa shape index (κ2) is 6.51. The maximum atomic E-state index is 5.97. The molecule has 1 fully saturated rings. The largest absolute Gasteiger partial charge is 0.329 e. The Balaban J connectivity index is 1.98. The SMILES string of the molecule is CN(C)CCN(C)C(CN)c1ccc(C2CC2)cc1. The van der Waals surface area contributed by atoms with Gasteiger partial charge in [-0.05, 0) is 51.0 Å². The second-order valence-electron chi connectivity index (χ2n) is 5.98. The fraction of sp³-hybridized carbons (Fsp3) is 0.625. The first-order valence-electron chi connectivity index (χ1n) is 7.26. The Morgan fingerprint density at radius 1 is 1.11 bits per heavy atom. The molecule has 0 aliphatic heterocycles. The fourth-order valence-electron chi connectivity index (χ4n) is 2.49. The summed E-state index contributed by atoms with van der Waals surface area (Å²) in [7, 11) is 6.38. The van der Waals surface area contributed by atoms with Crippen molar-refractivity contribution in [2.75, 3.05) is 40.8 Å². The number of nitrogens with two attached hydrogens (primary N) is 1. The smallest absolute Gasteiger partial charge is 0.0467 e. The van der Waals surface area contributed by atoms with Gasteiger partial charge in [-0.1, -0.05) is 24.3 Å². The molecule has 1 atom stereocenters. The molecule has 0 bridgehead atoms. The third kappa shape index (κ3) is 4.03. The van der Waals surface area contributed by atoms with Crippen molar-refractivity contribution in [2.24, 2.45) is 5.73 Å². The molecule has 1 aromatic rings. The standard InChI is InChI=1S/C16H27N3/c1-18(2)10-11-19(3)16(12-17)15-8-6-14(7-9-15)13-4-5-13/h6-9,13,16H,4-5,10-12,17H2,1-3H3. The van der Waals surface area contributed by atoms with Gasteiger partial charge in [0.25, 0.3) is 0 Å². The van der Waals surface area contributed by atoms with Crippen LogP contribution in [0.25, 0.3) is 0 Å². The third-order valence-electron chi connectivity index (χ3n) is 4.03. The van der Waals surface area contributed by atoms with Crippen molar-refractivity contribution in [3.63, 3.8) is 0 Å². The van der Waals surface area contributed by atoms with Crippen LogP contribution in [0.4, 0.5) is 0 Å².